The first-order chi connectivity index (χ1) is 33.8. The zero-order chi connectivity index (χ0) is 49.6. The van der Waals surface area contributed by atoms with E-state index in [9.17, 15) is 18.4 Å². The summed E-state index contributed by atoms with van der Waals surface area (Å²) in [6.45, 7) is 6.23. The molecule has 0 unspecified atom stereocenters. The number of halogens is 4. The topological polar surface area (TPSA) is 285 Å². The SMILES string of the molecule is Cc1cnc(NC2CCOCC2)nc1-n1cnc(C(=O)N[C@H](CN=[N+]=[N-])c2cc(F)cc(Cl)c2)c1.Cc1cnc(NC2CCOCC2)nc1-n1cnc(C(=O)N[C@H](CN=[N+]=[N-])c2cc(F)cc(Cl)c2)c1.S.S. The third kappa shape index (κ3) is 15.6. The van der Waals surface area contributed by atoms with Crippen LogP contribution in [-0.4, -0.2) is 102 Å². The second kappa shape index (κ2) is 27.2. The lowest BCUT2D eigenvalue weighted by atomic mass is 10.1. The number of nitrogens with zero attached hydrogens (tertiary/aromatic N) is 14. The predicted octanol–water partition coefficient (Wildman–Crippen LogP) is 8.50. The number of anilines is 2. The lowest BCUT2D eigenvalue weighted by Crippen LogP contribution is -2.30. The van der Waals surface area contributed by atoms with Crippen LogP contribution in [0.5, 0.6) is 0 Å². The summed E-state index contributed by atoms with van der Waals surface area (Å²) in [6.07, 6.45) is 12.9. The molecule has 2 aromatic carbocycles. The Balaban J connectivity index is 0.000000260. The first-order valence-corrected chi connectivity index (χ1v) is 22.6. The standard InChI is InChI=1S/2C22H23ClFN9O2.2H2S/c2*1-13-9-26-22(29-17-2-4-35-5-3-17)31-20(13)33-11-19(27-12-33)21(34)30-18(10-28-32-25)14-6-15(23)8-16(24)7-14;;/h2*6-9,11-12,17-18H,2-5,10H2,1H3,(H,30,34)(H,26,29,31);2*1H2/t2*18-;;/m11../s1. The number of aryl methyl sites for hydroxylation is 2. The maximum atomic E-state index is 13.8. The van der Waals surface area contributed by atoms with Crippen molar-refractivity contribution >= 4 is 73.9 Å². The van der Waals surface area contributed by atoms with Crippen LogP contribution in [0.25, 0.3) is 32.5 Å². The Morgan fingerprint density at radius 1 is 0.681 bits per heavy atom. The number of aromatic nitrogens is 8. The Morgan fingerprint density at radius 3 is 1.43 bits per heavy atom. The zero-order valence-corrected chi connectivity index (χ0v) is 42.2. The highest BCUT2D eigenvalue weighted by Gasteiger charge is 2.23. The van der Waals surface area contributed by atoms with E-state index in [-0.39, 0.29) is 73.6 Å². The summed E-state index contributed by atoms with van der Waals surface area (Å²) in [4.78, 5) is 57.6. The van der Waals surface area contributed by atoms with Crippen LogP contribution in [0.15, 0.2) is 84.1 Å². The van der Waals surface area contributed by atoms with Crippen LogP contribution in [0.4, 0.5) is 20.7 Å². The molecule has 380 valence electrons. The molecule has 28 heteroatoms. The van der Waals surface area contributed by atoms with Gasteiger partial charge in [0.25, 0.3) is 11.8 Å². The van der Waals surface area contributed by atoms with Crippen molar-refractivity contribution in [1.29, 1.82) is 0 Å². The molecular formula is C44H50Cl2F2N18O4S2. The average molecular weight is 1070 g/mol. The second-order valence-corrected chi connectivity index (χ2v) is 17.0. The third-order valence-electron chi connectivity index (χ3n) is 11.0. The maximum Gasteiger partial charge on any atom is 0.271 e. The van der Waals surface area contributed by atoms with Gasteiger partial charge in [0.1, 0.15) is 47.3 Å². The normalized spacial score (nSPS) is 14.3. The number of nitrogens with one attached hydrogen (secondary N) is 4. The van der Waals surface area contributed by atoms with Gasteiger partial charge in [-0.05, 0) is 98.1 Å². The highest BCUT2D eigenvalue weighted by atomic mass is 35.5. The molecule has 0 radical (unpaired) electrons. The molecule has 2 fully saturated rings. The van der Waals surface area contributed by atoms with Gasteiger partial charge in [0.05, 0.1) is 25.2 Å². The van der Waals surface area contributed by atoms with E-state index in [2.05, 4.69) is 71.2 Å². The zero-order valence-electron chi connectivity index (χ0n) is 38.7. The van der Waals surface area contributed by atoms with Crippen LogP contribution in [-0.2, 0) is 9.47 Å². The molecular weight excluding hydrogens is 1020 g/mol. The molecule has 6 aromatic rings. The molecule has 4 aromatic heterocycles. The van der Waals surface area contributed by atoms with E-state index in [1.807, 2.05) is 13.8 Å². The number of carbonyl (C=O) groups is 2. The van der Waals surface area contributed by atoms with Gasteiger partial charge in [0.2, 0.25) is 11.9 Å². The number of carbonyl (C=O) groups excluding carboxylic acids is 2. The number of imidazole rings is 2. The van der Waals surface area contributed by atoms with Crippen LogP contribution in [0.1, 0.15) is 81.0 Å². The maximum absolute atomic E-state index is 13.8. The van der Waals surface area contributed by atoms with Gasteiger partial charge in [-0.2, -0.15) is 37.0 Å². The molecule has 22 nitrogen and oxygen atoms in total. The number of hydrogen-bond acceptors (Lipinski definition) is 14. The molecule has 2 aliphatic rings. The lowest BCUT2D eigenvalue weighted by molar-refractivity contribution is 0.0902. The first-order valence-electron chi connectivity index (χ1n) is 21.9. The molecule has 0 spiro atoms. The fraction of sp³-hybridized carbons (Fsp3) is 0.364. The summed E-state index contributed by atoms with van der Waals surface area (Å²) >= 11 is 11.9. The van der Waals surface area contributed by atoms with Crippen molar-refractivity contribution in [2.24, 2.45) is 10.2 Å². The van der Waals surface area contributed by atoms with Gasteiger partial charge in [-0.25, -0.2) is 28.7 Å². The quantitative estimate of drug-likeness (QED) is 0.0403. The molecule has 0 aliphatic carbocycles. The van der Waals surface area contributed by atoms with Crippen LogP contribution in [0, 0.1) is 25.5 Å². The minimum atomic E-state index is -0.798. The van der Waals surface area contributed by atoms with Crippen LogP contribution in [0.3, 0.4) is 0 Å². The monoisotopic (exact) mass is 1070 g/mol. The first kappa shape index (κ1) is 56.2. The molecule has 8 rings (SSSR count). The Hall–Kier alpha value is -6.76. The minimum Gasteiger partial charge on any atom is -0.381 e. The van der Waals surface area contributed by atoms with E-state index in [0.717, 1.165) is 48.9 Å². The highest BCUT2D eigenvalue weighted by molar-refractivity contribution is 7.59. The smallest absolute Gasteiger partial charge is 0.271 e. The predicted molar refractivity (Wildman–Crippen MR) is 275 cm³/mol. The summed E-state index contributed by atoms with van der Waals surface area (Å²) < 4.78 is 41.7. The molecule has 2 amide bonds. The lowest BCUT2D eigenvalue weighted by Gasteiger charge is -2.23. The molecule has 2 aliphatic heterocycles. The van der Waals surface area contributed by atoms with Crippen molar-refractivity contribution in [3.8, 4) is 11.6 Å². The summed E-state index contributed by atoms with van der Waals surface area (Å²) in [6, 6.07) is 6.60. The highest BCUT2D eigenvalue weighted by Crippen LogP contribution is 2.24. The largest absolute Gasteiger partial charge is 0.381 e. The second-order valence-electron chi connectivity index (χ2n) is 16.1. The summed E-state index contributed by atoms with van der Waals surface area (Å²) in [5.41, 5.74) is 20.0. The van der Waals surface area contributed by atoms with Gasteiger partial charge in [-0.15, -0.1) is 0 Å². The molecule has 2 saturated heterocycles. The number of benzene rings is 2. The van der Waals surface area contributed by atoms with Crippen LogP contribution in [0.2, 0.25) is 10.0 Å². The van der Waals surface area contributed by atoms with Gasteiger partial charge in [0, 0.05) is 94.3 Å². The van der Waals surface area contributed by atoms with Crippen LogP contribution < -0.4 is 21.3 Å². The van der Waals surface area contributed by atoms with E-state index in [0.29, 0.717) is 61.1 Å². The van der Waals surface area contributed by atoms with Crippen molar-refractivity contribution in [1.82, 2.24) is 49.7 Å². The Morgan fingerprint density at radius 2 is 1.07 bits per heavy atom. The van der Waals surface area contributed by atoms with Crippen molar-refractivity contribution < 1.29 is 27.8 Å². The fourth-order valence-corrected chi connectivity index (χ4v) is 7.87. The Labute approximate surface area is 435 Å². The number of ether oxygens (including phenoxy) is 2. The molecule has 0 bridgehead atoms. The number of azide groups is 2. The van der Waals surface area contributed by atoms with E-state index in [1.165, 1.54) is 49.3 Å². The average Bonchev–Trinajstić information content (AvgIpc) is 4.05. The van der Waals surface area contributed by atoms with E-state index in [4.69, 9.17) is 43.7 Å². The van der Waals surface area contributed by atoms with Crippen molar-refractivity contribution in [2.45, 2.75) is 63.7 Å². The number of rotatable bonds is 16. The Bertz CT molecular complexity index is 2680. The molecule has 2 atom stereocenters. The number of hydrogen-bond donors (Lipinski definition) is 4. The van der Waals surface area contributed by atoms with Gasteiger partial charge in [-0.3, -0.25) is 18.7 Å². The van der Waals surface area contributed by atoms with E-state index in [1.54, 1.807) is 21.5 Å². The van der Waals surface area contributed by atoms with E-state index < -0.39 is 35.5 Å². The molecule has 6 heterocycles. The Kier molecular flexibility index (Phi) is 21.2. The van der Waals surface area contributed by atoms with Crippen molar-refractivity contribution in [3.05, 3.63) is 150 Å². The van der Waals surface area contributed by atoms with Gasteiger partial charge in [-0.1, -0.05) is 33.4 Å². The molecule has 72 heavy (non-hydrogen) atoms. The summed E-state index contributed by atoms with van der Waals surface area (Å²) in [5.74, 6) is -0.0941. The minimum absolute atomic E-state index is 0. The number of amides is 2. The van der Waals surface area contributed by atoms with E-state index >= 15 is 0 Å². The van der Waals surface area contributed by atoms with Gasteiger partial charge < -0.3 is 30.7 Å². The van der Waals surface area contributed by atoms with Gasteiger partial charge in [0.15, 0.2) is 0 Å². The van der Waals surface area contributed by atoms with Crippen molar-refractivity contribution in [2.75, 3.05) is 50.2 Å². The molecule has 4 N–H and O–H groups in total. The molecule has 0 saturated carbocycles. The van der Waals surface area contributed by atoms with Crippen LogP contribution >= 0.6 is 50.2 Å². The van der Waals surface area contributed by atoms with Crippen molar-refractivity contribution in [3.63, 3.8) is 0 Å². The fourth-order valence-electron chi connectivity index (χ4n) is 7.41. The summed E-state index contributed by atoms with van der Waals surface area (Å²) in [7, 11) is 0. The third-order valence-corrected chi connectivity index (χ3v) is 11.4. The summed E-state index contributed by atoms with van der Waals surface area (Å²) in [5, 5.41) is 19.5. The van der Waals surface area contributed by atoms with Gasteiger partial charge >= 0.3 is 0 Å².